The molecule has 7 nitrogen and oxygen atoms in total. The Balaban J connectivity index is 1.45. The summed E-state index contributed by atoms with van der Waals surface area (Å²) in [5.74, 6) is 0.0824. The number of aromatic nitrogens is 3. The van der Waals surface area contributed by atoms with Gasteiger partial charge in [-0.25, -0.2) is 9.97 Å². The molecule has 0 saturated carbocycles. The lowest BCUT2D eigenvalue weighted by atomic mass is 10.0. The number of likely N-dealkylation sites (tertiary alicyclic amines) is 1. The van der Waals surface area contributed by atoms with Gasteiger partial charge in [-0.2, -0.15) is 0 Å². The van der Waals surface area contributed by atoms with E-state index in [-0.39, 0.29) is 5.91 Å². The van der Waals surface area contributed by atoms with Crippen molar-refractivity contribution < 1.29 is 4.79 Å². The molecule has 0 aromatic carbocycles. The number of imidazole rings is 1. The maximum Gasteiger partial charge on any atom is 0.274 e. The highest BCUT2D eigenvalue weighted by Crippen LogP contribution is 2.34. The van der Waals surface area contributed by atoms with E-state index >= 15 is 0 Å². The molecule has 2 aliphatic rings. The van der Waals surface area contributed by atoms with Crippen LogP contribution in [0.25, 0.3) is 4.96 Å². The van der Waals surface area contributed by atoms with Gasteiger partial charge in [0.25, 0.3) is 5.91 Å². The van der Waals surface area contributed by atoms with Gasteiger partial charge in [0, 0.05) is 49.3 Å². The molecule has 5 rings (SSSR count). The summed E-state index contributed by atoms with van der Waals surface area (Å²) in [4.78, 5) is 30.6. The van der Waals surface area contributed by atoms with Crippen molar-refractivity contribution in [3.63, 3.8) is 0 Å². The van der Waals surface area contributed by atoms with Gasteiger partial charge in [-0.1, -0.05) is 6.42 Å². The minimum atomic E-state index is 0.0824. The van der Waals surface area contributed by atoms with Crippen molar-refractivity contribution in [2.45, 2.75) is 38.3 Å². The third-order valence-electron chi connectivity index (χ3n) is 6.27. The molecule has 1 amide bonds. The van der Waals surface area contributed by atoms with Crippen molar-refractivity contribution >= 4 is 33.5 Å². The lowest BCUT2D eigenvalue weighted by molar-refractivity contribution is 0.0752. The summed E-state index contributed by atoms with van der Waals surface area (Å²) in [5, 5.41) is 5.29. The second kappa shape index (κ2) is 8.74. The molecule has 2 saturated heterocycles. The number of carbonyl (C=O) groups is 1. The summed E-state index contributed by atoms with van der Waals surface area (Å²) in [6.45, 7) is 5.30. The van der Waals surface area contributed by atoms with E-state index in [1.54, 1.807) is 22.7 Å². The van der Waals surface area contributed by atoms with E-state index in [2.05, 4.69) is 43.2 Å². The first-order chi connectivity index (χ1) is 14.7. The Hall–Kier alpha value is -1.81. The van der Waals surface area contributed by atoms with Gasteiger partial charge < -0.3 is 9.80 Å². The van der Waals surface area contributed by atoms with Crippen LogP contribution in [-0.4, -0.2) is 74.7 Å². The molecule has 3 aromatic heterocycles. The van der Waals surface area contributed by atoms with E-state index in [4.69, 9.17) is 4.98 Å². The first-order valence-electron chi connectivity index (χ1n) is 10.8. The molecular formula is C21H28N6OS2. The minimum Gasteiger partial charge on any atom is -0.336 e. The molecule has 3 aromatic rings. The van der Waals surface area contributed by atoms with Crippen LogP contribution in [0.4, 0.5) is 0 Å². The topological polar surface area (TPSA) is 57.0 Å². The number of carbonyl (C=O) groups excluding carboxylic acids is 1. The zero-order valence-corrected chi connectivity index (χ0v) is 19.0. The molecule has 160 valence electrons. The zero-order chi connectivity index (χ0) is 20.5. The number of piperidine rings is 1. The number of thiazole rings is 2. The van der Waals surface area contributed by atoms with Crippen molar-refractivity contribution in [3.05, 3.63) is 39.5 Å². The average molecular weight is 445 g/mol. The Morgan fingerprint density at radius 1 is 1.10 bits per heavy atom. The van der Waals surface area contributed by atoms with Crippen LogP contribution < -0.4 is 0 Å². The van der Waals surface area contributed by atoms with Crippen molar-refractivity contribution in [1.82, 2.24) is 29.1 Å². The van der Waals surface area contributed by atoms with E-state index in [0.717, 1.165) is 62.8 Å². The van der Waals surface area contributed by atoms with Crippen LogP contribution in [0.3, 0.4) is 0 Å². The lowest BCUT2D eigenvalue weighted by Crippen LogP contribution is -2.37. The van der Waals surface area contributed by atoms with Crippen LogP contribution in [0.2, 0.25) is 0 Å². The van der Waals surface area contributed by atoms with Gasteiger partial charge in [-0.05, 0) is 39.4 Å². The van der Waals surface area contributed by atoms with Crippen LogP contribution >= 0.6 is 22.7 Å². The largest absolute Gasteiger partial charge is 0.336 e. The summed E-state index contributed by atoms with van der Waals surface area (Å²) >= 11 is 3.33. The summed E-state index contributed by atoms with van der Waals surface area (Å²) in [5.41, 5.74) is 1.66. The monoisotopic (exact) mass is 444 g/mol. The van der Waals surface area contributed by atoms with Gasteiger partial charge in [-0.3, -0.25) is 14.1 Å². The van der Waals surface area contributed by atoms with E-state index < -0.39 is 0 Å². The van der Waals surface area contributed by atoms with Gasteiger partial charge in [0.15, 0.2) is 10.7 Å². The van der Waals surface area contributed by atoms with E-state index in [1.807, 2.05) is 11.1 Å². The molecule has 0 bridgehead atoms. The Labute approximate surface area is 185 Å². The van der Waals surface area contributed by atoms with Crippen molar-refractivity contribution in [3.8, 4) is 0 Å². The number of amides is 1. The molecule has 2 fully saturated rings. The molecule has 1 atom stereocenters. The van der Waals surface area contributed by atoms with Gasteiger partial charge in [0.1, 0.15) is 5.01 Å². The van der Waals surface area contributed by atoms with Crippen LogP contribution in [0, 0.1) is 0 Å². The number of hydrogen-bond donors (Lipinski definition) is 0. The first kappa shape index (κ1) is 20.1. The smallest absolute Gasteiger partial charge is 0.274 e. The fourth-order valence-corrected chi connectivity index (χ4v) is 6.15. The summed E-state index contributed by atoms with van der Waals surface area (Å²) in [7, 11) is 2.13. The molecule has 0 unspecified atom stereocenters. The van der Waals surface area contributed by atoms with Gasteiger partial charge in [0.2, 0.25) is 0 Å². The molecule has 0 N–H and O–H groups in total. The fraction of sp³-hybridized carbons (Fsp3) is 0.571. The summed E-state index contributed by atoms with van der Waals surface area (Å²) < 4.78 is 2.12. The molecule has 2 aliphatic heterocycles. The number of likely N-dealkylation sites (N-methyl/N-ethyl adjacent to an activating group) is 1. The normalized spacial score (nSPS) is 21.9. The Morgan fingerprint density at radius 3 is 2.90 bits per heavy atom. The SMILES string of the molecule is CN1CCCN(C(=O)c2nc3sccn3c2CN2CCCC[C@H]2c2nccs2)CC1. The summed E-state index contributed by atoms with van der Waals surface area (Å²) in [6, 6.07) is 0.331. The molecular weight excluding hydrogens is 416 g/mol. The van der Waals surface area contributed by atoms with E-state index in [1.165, 1.54) is 17.8 Å². The molecule has 9 heteroatoms. The number of fused-ring (bicyclic) bond motifs is 1. The first-order valence-corrected chi connectivity index (χ1v) is 12.5. The van der Waals surface area contributed by atoms with Crippen LogP contribution in [-0.2, 0) is 6.54 Å². The maximum absolute atomic E-state index is 13.5. The van der Waals surface area contributed by atoms with Crippen molar-refractivity contribution in [1.29, 1.82) is 0 Å². The van der Waals surface area contributed by atoms with Gasteiger partial charge >= 0.3 is 0 Å². The Morgan fingerprint density at radius 2 is 2.03 bits per heavy atom. The van der Waals surface area contributed by atoms with Crippen molar-refractivity contribution in [2.75, 3.05) is 39.8 Å². The Kier molecular flexibility index (Phi) is 5.86. The number of rotatable bonds is 4. The predicted octanol–water partition coefficient (Wildman–Crippen LogP) is 3.36. The van der Waals surface area contributed by atoms with Crippen LogP contribution in [0.15, 0.2) is 23.2 Å². The summed E-state index contributed by atoms with van der Waals surface area (Å²) in [6.07, 6.45) is 8.51. The Bertz CT molecular complexity index is 997. The standard InChI is InChI=1S/C21H28N6OS2/c1-24-7-4-9-25(11-10-24)20(28)18-17(27-12-14-30-21(27)23-18)15-26-8-3-2-5-16(26)19-22-6-13-29-19/h6,12-14,16H,2-5,7-11,15H2,1H3/t16-/m0/s1. The van der Waals surface area contributed by atoms with Crippen LogP contribution in [0.5, 0.6) is 0 Å². The van der Waals surface area contributed by atoms with Gasteiger partial charge in [0.05, 0.1) is 11.7 Å². The zero-order valence-electron chi connectivity index (χ0n) is 17.4. The fourth-order valence-electron chi connectivity index (χ4n) is 4.61. The second-order valence-corrected chi connectivity index (χ2v) is 10.1. The highest BCUT2D eigenvalue weighted by atomic mass is 32.1. The van der Waals surface area contributed by atoms with Gasteiger partial charge in [-0.15, -0.1) is 22.7 Å². The molecule has 5 heterocycles. The highest BCUT2D eigenvalue weighted by molar-refractivity contribution is 7.15. The van der Waals surface area contributed by atoms with E-state index in [9.17, 15) is 4.79 Å². The molecule has 0 aliphatic carbocycles. The number of nitrogens with zero attached hydrogens (tertiary/aromatic N) is 6. The molecule has 30 heavy (non-hydrogen) atoms. The minimum absolute atomic E-state index is 0.0824. The quantitative estimate of drug-likeness (QED) is 0.618. The predicted molar refractivity (Wildman–Crippen MR) is 120 cm³/mol. The number of hydrogen-bond acceptors (Lipinski definition) is 7. The molecule has 0 spiro atoms. The van der Waals surface area contributed by atoms with Crippen molar-refractivity contribution in [2.24, 2.45) is 0 Å². The maximum atomic E-state index is 13.5. The second-order valence-electron chi connectivity index (χ2n) is 8.26. The van der Waals surface area contributed by atoms with Crippen LogP contribution in [0.1, 0.15) is 52.9 Å². The third-order valence-corrected chi connectivity index (χ3v) is 7.91. The average Bonchev–Trinajstić information content (AvgIpc) is 3.47. The molecule has 0 radical (unpaired) electrons. The lowest BCUT2D eigenvalue weighted by Gasteiger charge is -2.34. The highest BCUT2D eigenvalue weighted by Gasteiger charge is 2.31. The van der Waals surface area contributed by atoms with E-state index in [0.29, 0.717) is 11.7 Å². The third kappa shape index (κ3) is 3.91.